The molecular weight excluding hydrogens is 200 g/mol. The molecule has 0 aromatic heterocycles. The maximum atomic E-state index is 10.3. The molecule has 0 radical (unpaired) electrons. The van der Waals surface area contributed by atoms with Crippen molar-refractivity contribution in [1.29, 1.82) is 0 Å². The van der Waals surface area contributed by atoms with E-state index in [9.17, 15) is 8.42 Å². The third-order valence-corrected chi connectivity index (χ3v) is 1.78. The molecule has 0 aromatic rings. The summed E-state index contributed by atoms with van der Waals surface area (Å²) in [5.41, 5.74) is 15.9. The van der Waals surface area contributed by atoms with Crippen LogP contribution in [0, 0.1) is 0 Å². The van der Waals surface area contributed by atoms with Crippen molar-refractivity contribution in [3.05, 3.63) is 20.9 Å². The van der Waals surface area contributed by atoms with Gasteiger partial charge in [0.15, 0.2) is 0 Å². The molecule has 1 N–H and O–H groups in total. The van der Waals surface area contributed by atoms with Crippen LogP contribution in [0.15, 0.2) is 10.2 Å². The highest BCUT2D eigenvalue weighted by molar-refractivity contribution is 7.85. The van der Waals surface area contributed by atoms with Crippen molar-refractivity contribution in [2.75, 3.05) is 12.3 Å². The van der Waals surface area contributed by atoms with Crippen molar-refractivity contribution in [1.82, 2.24) is 0 Å². The van der Waals surface area contributed by atoms with Gasteiger partial charge < -0.3 is 0 Å². The Kier molecular flexibility index (Phi) is 4.63. The van der Waals surface area contributed by atoms with E-state index in [4.69, 9.17) is 15.6 Å². The van der Waals surface area contributed by atoms with E-state index in [2.05, 4.69) is 20.1 Å². The molecular formula is C3H6N6O3S. The first-order valence-corrected chi connectivity index (χ1v) is 4.60. The van der Waals surface area contributed by atoms with Crippen LogP contribution in [0.2, 0.25) is 0 Å². The molecule has 0 amide bonds. The summed E-state index contributed by atoms with van der Waals surface area (Å²) < 4.78 is 29.0. The van der Waals surface area contributed by atoms with Crippen molar-refractivity contribution in [2.45, 2.75) is 6.04 Å². The lowest BCUT2D eigenvalue weighted by atomic mass is 10.4. The van der Waals surface area contributed by atoms with E-state index in [1.54, 1.807) is 0 Å². The number of nitrogens with zero attached hydrogens (tertiary/aromatic N) is 6. The van der Waals surface area contributed by atoms with E-state index < -0.39 is 21.9 Å². The lowest BCUT2D eigenvalue weighted by Crippen LogP contribution is -2.20. The maximum absolute atomic E-state index is 10.3. The zero-order chi connectivity index (χ0) is 10.3. The summed E-state index contributed by atoms with van der Waals surface area (Å²) in [7, 11) is -4.22. The van der Waals surface area contributed by atoms with E-state index in [-0.39, 0.29) is 6.54 Å². The van der Waals surface area contributed by atoms with E-state index >= 15 is 0 Å². The number of hydrogen-bond acceptors (Lipinski definition) is 4. The quantitative estimate of drug-likeness (QED) is 0.307. The summed E-state index contributed by atoms with van der Waals surface area (Å²) in [4.78, 5) is 4.69. The highest BCUT2D eigenvalue weighted by atomic mass is 32.2. The molecule has 10 heteroatoms. The summed E-state index contributed by atoms with van der Waals surface area (Å²) in [6.07, 6.45) is 0. The van der Waals surface area contributed by atoms with E-state index in [1.807, 2.05) is 0 Å². The summed E-state index contributed by atoms with van der Waals surface area (Å²) in [6, 6.07) is -1.07. The Morgan fingerprint density at radius 3 is 2.38 bits per heavy atom. The minimum atomic E-state index is -4.22. The van der Waals surface area contributed by atoms with Gasteiger partial charge in [-0.05, 0) is 11.1 Å². The standard InChI is InChI=1S/C3H6N6O3S/c4-8-6-1-3(7-9-5)2-13(10,11)12/h3H,1-2H2,(H,10,11,12). The van der Waals surface area contributed by atoms with Gasteiger partial charge in [0, 0.05) is 16.4 Å². The van der Waals surface area contributed by atoms with Gasteiger partial charge >= 0.3 is 0 Å². The summed E-state index contributed by atoms with van der Waals surface area (Å²) in [5, 5.41) is 6.04. The fourth-order valence-corrected chi connectivity index (χ4v) is 1.23. The topological polar surface area (TPSA) is 152 Å². The Labute approximate surface area is 73.4 Å². The van der Waals surface area contributed by atoms with Gasteiger partial charge in [-0.3, -0.25) is 4.55 Å². The molecule has 0 saturated heterocycles. The van der Waals surface area contributed by atoms with Gasteiger partial charge in [0.25, 0.3) is 10.1 Å². The average molecular weight is 206 g/mol. The third kappa shape index (κ3) is 6.91. The van der Waals surface area contributed by atoms with Crippen molar-refractivity contribution in [3.63, 3.8) is 0 Å². The van der Waals surface area contributed by atoms with Crippen molar-refractivity contribution in [2.24, 2.45) is 10.2 Å². The van der Waals surface area contributed by atoms with Gasteiger partial charge in [0.05, 0.1) is 11.8 Å². The van der Waals surface area contributed by atoms with Gasteiger partial charge in [-0.2, -0.15) is 8.42 Å². The molecule has 72 valence electrons. The van der Waals surface area contributed by atoms with Crippen LogP contribution in [-0.4, -0.2) is 31.3 Å². The van der Waals surface area contributed by atoms with Crippen LogP contribution in [0.5, 0.6) is 0 Å². The predicted molar refractivity (Wildman–Crippen MR) is 43.4 cm³/mol. The normalized spacial score (nSPS) is 12.4. The van der Waals surface area contributed by atoms with Crippen LogP contribution in [-0.2, 0) is 10.1 Å². The SMILES string of the molecule is [N-]=[N+]=NCC(CS(=O)(=O)O)N=[N+]=[N-]. The monoisotopic (exact) mass is 206 g/mol. The lowest BCUT2D eigenvalue weighted by Gasteiger charge is -2.03. The molecule has 0 rings (SSSR count). The Hall–Kier alpha value is -1.47. The van der Waals surface area contributed by atoms with E-state index in [0.29, 0.717) is 0 Å². The molecule has 0 aromatic carbocycles. The van der Waals surface area contributed by atoms with Gasteiger partial charge in [0.2, 0.25) is 0 Å². The second kappa shape index (κ2) is 5.22. The van der Waals surface area contributed by atoms with E-state index in [0.717, 1.165) is 0 Å². The Morgan fingerprint density at radius 1 is 1.38 bits per heavy atom. The smallest absolute Gasteiger partial charge is 0.265 e. The van der Waals surface area contributed by atoms with Gasteiger partial charge in [0.1, 0.15) is 0 Å². The Bertz CT molecular complexity index is 349. The number of azide groups is 2. The number of hydrogen-bond donors (Lipinski definition) is 1. The fraction of sp³-hybridized carbons (Fsp3) is 1.00. The van der Waals surface area contributed by atoms with Gasteiger partial charge in [-0.1, -0.05) is 10.2 Å². The molecule has 0 saturated carbocycles. The molecule has 0 fully saturated rings. The average Bonchev–Trinajstić information content (AvgIpc) is 1.98. The Balaban J connectivity index is 4.43. The zero-order valence-corrected chi connectivity index (χ0v) is 7.16. The minimum absolute atomic E-state index is 0.305. The first-order valence-electron chi connectivity index (χ1n) is 3.00. The van der Waals surface area contributed by atoms with Crippen LogP contribution in [0.1, 0.15) is 0 Å². The summed E-state index contributed by atoms with van der Waals surface area (Å²) >= 11 is 0. The molecule has 0 heterocycles. The first kappa shape index (κ1) is 11.5. The molecule has 0 aliphatic rings. The van der Waals surface area contributed by atoms with Crippen LogP contribution in [0.3, 0.4) is 0 Å². The summed E-state index contributed by atoms with van der Waals surface area (Å²) in [5.74, 6) is -0.754. The highest BCUT2D eigenvalue weighted by Crippen LogP contribution is 1.98. The zero-order valence-electron chi connectivity index (χ0n) is 6.35. The summed E-state index contributed by atoms with van der Waals surface area (Å²) in [6.45, 7) is -0.305. The second-order valence-corrected chi connectivity index (χ2v) is 3.52. The highest BCUT2D eigenvalue weighted by Gasteiger charge is 2.14. The lowest BCUT2D eigenvalue weighted by molar-refractivity contribution is 0.477. The second-order valence-electron chi connectivity index (χ2n) is 2.02. The molecule has 0 spiro atoms. The fourth-order valence-electron chi connectivity index (χ4n) is 0.569. The van der Waals surface area contributed by atoms with Crippen LogP contribution in [0.25, 0.3) is 20.9 Å². The number of rotatable bonds is 5. The van der Waals surface area contributed by atoms with Gasteiger partial charge in [-0.15, -0.1) is 0 Å². The van der Waals surface area contributed by atoms with Crippen molar-refractivity contribution < 1.29 is 13.0 Å². The van der Waals surface area contributed by atoms with Crippen molar-refractivity contribution in [3.8, 4) is 0 Å². The maximum Gasteiger partial charge on any atom is 0.265 e. The van der Waals surface area contributed by atoms with Gasteiger partial charge in [-0.25, -0.2) is 0 Å². The van der Waals surface area contributed by atoms with Crippen LogP contribution < -0.4 is 0 Å². The van der Waals surface area contributed by atoms with Crippen molar-refractivity contribution >= 4 is 10.1 Å². The Morgan fingerprint density at radius 2 is 2.00 bits per heavy atom. The first-order chi connectivity index (χ1) is 5.99. The molecule has 1 atom stereocenters. The molecule has 0 aliphatic carbocycles. The minimum Gasteiger partial charge on any atom is -0.286 e. The molecule has 0 bridgehead atoms. The molecule has 1 unspecified atom stereocenters. The predicted octanol–water partition coefficient (Wildman–Crippen LogP) is 0.863. The molecule has 0 aliphatic heterocycles. The molecule has 9 nitrogen and oxygen atoms in total. The third-order valence-electron chi connectivity index (χ3n) is 0.974. The van der Waals surface area contributed by atoms with Crippen LogP contribution in [0.4, 0.5) is 0 Å². The van der Waals surface area contributed by atoms with E-state index in [1.165, 1.54) is 0 Å². The largest absolute Gasteiger partial charge is 0.286 e. The van der Waals surface area contributed by atoms with Crippen LogP contribution >= 0.6 is 0 Å². The molecule has 13 heavy (non-hydrogen) atoms.